The average molecular weight is 291 g/mol. The summed E-state index contributed by atoms with van der Waals surface area (Å²) in [5.74, 6) is 8.66. The van der Waals surface area contributed by atoms with Crippen molar-refractivity contribution in [1.29, 1.82) is 0 Å². The Bertz CT molecular complexity index is 446. The Morgan fingerprint density at radius 2 is 2.14 bits per heavy atom. The van der Waals surface area contributed by atoms with Crippen molar-refractivity contribution in [3.05, 3.63) is 11.9 Å². The van der Waals surface area contributed by atoms with E-state index in [0.717, 1.165) is 36.2 Å². The van der Waals surface area contributed by atoms with E-state index < -0.39 is 0 Å². The molecule has 5 heteroatoms. The van der Waals surface area contributed by atoms with Gasteiger partial charge in [-0.2, -0.15) is 0 Å². The van der Waals surface area contributed by atoms with Crippen LogP contribution < -0.4 is 16.2 Å². The lowest BCUT2D eigenvalue weighted by Gasteiger charge is -2.26. The molecule has 0 amide bonds. The number of hydrogen-bond donors (Lipinski definition) is 2. The molecule has 0 spiro atoms. The second-order valence-electron chi connectivity index (χ2n) is 6.33. The second kappa shape index (κ2) is 7.59. The summed E-state index contributed by atoms with van der Waals surface area (Å²) in [7, 11) is 0. The second-order valence-corrected chi connectivity index (χ2v) is 6.33. The van der Waals surface area contributed by atoms with E-state index in [0.29, 0.717) is 5.92 Å². The van der Waals surface area contributed by atoms with Gasteiger partial charge >= 0.3 is 0 Å². The molecule has 2 rings (SSSR count). The highest BCUT2D eigenvalue weighted by atomic mass is 15.3. The largest absolute Gasteiger partial charge is 0.356 e. The summed E-state index contributed by atoms with van der Waals surface area (Å²) in [5, 5.41) is 0. The molecule has 21 heavy (non-hydrogen) atoms. The number of aromatic nitrogens is 2. The van der Waals surface area contributed by atoms with Crippen molar-refractivity contribution in [3.8, 4) is 0 Å². The molecule has 1 unspecified atom stereocenters. The predicted octanol–water partition coefficient (Wildman–Crippen LogP) is 3.29. The molecule has 1 aliphatic heterocycles. The Kier molecular flexibility index (Phi) is 5.79. The molecule has 3 N–H and O–H groups in total. The van der Waals surface area contributed by atoms with Crippen molar-refractivity contribution in [2.75, 3.05) is 23.4 Å². The zero-order valence-electron chi connectivity index (χ0n) is 13.6. The van der Waals surface area contributed by atoms with Crippen LogP contribution in [0.25, 0.3) is 0 Å². The van der Waals surface area contributed by atoms with Crippen LogP contribution in [0.4, 0.5) is 11.6 Å². The maximum absolute atomic E-state index is 5.62. The molecule has 1 saturated heterocycles. The molecular formula is C16H29N5. The number of hydrazine groups is 1. The molecule has 0 aromatic carbocycles. The number of anilines is 2. The van der Waals surface area contributed by atoms with Crippen LogP contribution in [0.15, 0.2) is 6.33 Å². The lowest BCUT2D eigenvalue weighted by Crippen LogP contribution is -2.28. The number of nitrogen functional groups attached to an aromatic ring is 1. The summed E-state index contributed by atoms with van der Waals surface area (Å²) in [6.07, 6.45) is 8.11. The lowest BCUT2D eigenvalue weighted by molar-refractivity contribution is 0.435. The Morgan fingerprint density at radius 3 is 2.81 bits per heavy atom. The van der Waals surface area contributed by atoms with E-state index >= 15 is 0 Å². The number of rotatable bonds is 5. The lowest BCUT2D eigenvalue weighted by atomic mass is 9.96. The van der Waals surface area contributed by atoms with Gasteiger partial charge in [-0.15, -0.1) is 0 Å². The van der Waals surface area contributed by atoms with Gasteiger partial charge in [0, 0.05) is 18.7 Å². The molecule has 1 atom stereocenters. The smallest absolute Gasteiger partial charge is 0.148 e. The van der Waals surface area contributed by atoms with E-state index in [1.165, 1.54) is 32.1 Å². The highest BCUT2D eigenvalue weighted by Crippen LogP contribution is 2.32. The third-order valence-corrected chi connectivity index (χ3v) is 4.42. The molecular weight excluding hydrogens is 262 g/mol. The summed E-state index contributed by atoms with van der Waals surface area (Å²) in [5.41, 5.74) is 3.86. The van der Waals surface area contributed by atoms with Crippen molar-refractivity contribution in [1.82, 2.24) is 9.97 Å². The van der Waals surface area contributed by atoms with E-state index in [4.69, 9.17) is 5.84 Å². The first-order chi connectivity index (χ1) is 10.2. The molecule has 1 aromatic heterocycles. The molecule has 0 saturated carbocycles. The Labute approximate surface area is 128 Å². The van der Waals surface area contributed by atoms with Crippen molar-refractivity contribution < 1.29 is 0 Å². The van der Waals surface area contributed by atoms with Gasteiger partial charge in [0.15, 0.2) is 0 Å². The molecule has 1 aliphatic rings. The number of nitrogens with zero attached hydrogens (tertiary/aromatic N) is 3. The van der Waals surface area contributed by atoms with Gasteiger partial charge in [0.2, 0.25) is 0 Å². The van der Waals surface area contributed by atoms with E-state index in [9.17, 15) is 0 Å². The van der Waals surface area contributed by atoms with Gasteiger partial charge in [-0.3, -0.25) is 0 Å². The first-order valence-electron chi connectivity index (χ1n) is 8.23. The first kappa shape index (κ1) is 16.0. The van der Waals surface area contributed by atoms with E-state index in [2.05, 4.69) is 41.1 Å². The SMILES string of the molecule is CCCC1CCCN(c2ncnc(NN)c2C(C)C)CC1. The molecule has 1 aromatic rings. The van der Waals surface area contributed by atoms with Crippen molar-refractivity contribution in [2.45, 2.75) is 58.8 Å². The van der Waals surface area contributed by atoms with Crippen LogP contribution in [-0.2, 0) is 0 Å². The fourth-order valence-electron chi connectivity index (χ4n) is 3.36. The van der Waals surface area contributed by atoms with Gasteiger partial charge in [-0.1, -0.05) is 33.6 Å². The van der Waals surface area contributed by atoms with Crippen LogP contribution in [0, 0.1) is 5.92 Å². The minimum absolute atomic E-state index is 0.349. The molecule has 2 heterocycles. The maximum atomic E-state index is 5.62. The van der Waals surface area contributed by atoms with Crippen LogP contribution in [0.3, 0.4) is 0 Å². The van der Waals surface area contributed by atoms with E-state index in [1.807, 2.05) is 0 Å². The minimum atomic E-state index is 0.349. The van der Waals surface area contributed by atoms with Crippen LogP contribution >= 0.6 is 0 Å². The van der Waals surface area contributed by atoms with Gasteiger partial charge in [-0.05, 0) is 31.1 Å². The molecule has 1 fully saturated rings. The third kappa shape index (κ3) is 3.84. The minimum Gasteiger partial charge on any atom is -0.356 e. The van der Waals surface area contributed by atoms with Crippen LogP contribution in [-0.4, -0.2) is 23.1 Å². The standard InChI is InChI=1S/C16H29N5/c1-4-6-13-7-5-9-21(10-8-13)16-14(12(2)3)15(20-17)18-11-19-16/h11-13H,4-10,17H2,1-3H3,(H,18,19,20). The maximum Gasteiger partial charge on any atom is 0.148 e. The topological polar surface area (TPSA) is 67.1 Å². The number of nitrogens with one attached hydrogen (secondary N) is 1. The summed E-state index contributed by atoms with van der Waals surface area (Å²) in [6, 6.07) is 0. The Morgan fingerprint density at radius 1 is 1.33 bits per heavy atom. The predicted molar refractivity (Wildman–Crippen MR) is 88.4 cm³/mol. The van der Waals surface area contributed by atoms with E-state index in [1.54, 1.807) is 6.33 Å². The summed E-state index contributed by atoms with van der Waals surface area (Å²) in [4.78, 5) is 11.3. The van der Waals surface area contributed by atoms with Crippen LogP contribution in [0.1, 0.15) is 64.4 Å². The summed E-state index contributed by atoms with van der Waals surface area (Å²) < 4.78 is 0. The third-order valence-electron chi connectivity index (χ3n) is 4.42. The zero-order chi connectivity index (χ0) is 15.2. The normalized spacial score (nSPS) is 19.7. The van der Waals surface area contributed by atoms with Gasteiger partial charge in [-0.25, -0.2) is 15.8 Å². The Balaban J connectivity index is 2.21. The highest BCUT2D eigenvalue weighted by Gasteiger charge is 2.22. The van der Waals surface area contributed by atoms with Gasteiger partial charge in [0.1, 0.15) is 18.0 Å². The van der Waals surface area contributed by atoms with Gasteiger partial charge < -0.3 is 10.3 Å². The fraction of sp³-hybridized carbons (Fsp3) is 0.750. The van der Waals surface area contributed by atoms with Crippen molar-refractivity contribution >= 4 is 11.6 Å². The van der Waals surface area contributed by atoms with Crippen molar-refractivity contribution in [3.63, 3.8) is 0 Å². The molecule has 0 radical (unpaired) electrons. The van der Waals surface area contributed by atoms with Crippen LogP contribution in [0.5, 0.6) is 0 Å². The first-order valence-corrected chi connectivity index (χ1v) is 8.23. The fourth-order valence-corrected chi connectivity index (χ4v) is 3.36. The summed E-state index contributed by atoms with van der Waals surface area (Å²) in [6.45, 7) is 8.79. The molecule has 118 valence electrons. The highest BCUT2D eigenvalue weighted by molar-refractivity contribution is 5.59. The van der Waals surface area contributed by atoms with E-state index in [-0.39, 0.29) is 0 Å². The molecule has 0 bridgehead atoms. The quantitative estimate of drug-likeness (QED) is 0.643. The zero-order valence-corrected chi connectivity index (χ0v) is 13.6. The summed E-state index contributed by atoms with van der Waals surface area (Å²) >= 11 is 0. The average Bonchev–Trinajstić information content (AvgIpc) is 2.72. The number of hydrogen-bond acceptors (Lipinski definition) is 5. The Hall–Kier alpha value is -1.36. The van der Waals surface area contributed by atoms with Gasteiger partial charge in [0.25, 0.3) is 0 Å². The van der Waals surface area contributed by atoms with Crippen molar-refractivity contribution in [2.24, 2.45) is 11.8 Å². The molecule has 5 nitrogen and oxygen atoms in total. The molecule has 0 aliphatic carbocycles. The monoisotopic (exact) mass is 291 g/mol. The van der Waals surface area contributed by atoms with Crippen LogP contribution in [0.2, 0.25) is 0 Å². The van der Waals surface area contributed by atoms with Gasteiger partial charge in [0.05, 0.1) is 0 Å². The number of nitrogens with two attached hydrogens (primary N) is 1.